The number of thiazole rings is 1. The number of nitrogens with zero attached hydrogens (tertiary/aromatic N) is 1. The second-order valence-electron chi connectivity index (χ2n) is 4.28. The predicted molar refractivity (Wildman–Crippen MR) is 75.3 cm³/mol. The molecule has 0 saturated carbocycles. The first kappa shape index (κ1) is 14.9. The molecule has 0 aliphatic heterocycles. The van der Waals surface area contributed by atoms with Crippen molar-refractivity contribution in [1.29, 1.82) is 0 Å². The molecule has 6 nitrogen and oxygen atoms in total. The van der Waals surface area contributed by atoms with Gasteiger partial charge in [-0.05, 0) is 25.1 Å². The number of hydrogen-bond acceptors (Lipinski definition) is 4. The molecule has 2 rings (SSSR count). The maximum Gasteiger partial charge on any atom is 0.338 e. The number of aryl methyl sites for hydroxylation is 1. The standard InChI is InChI=1S/C13H11FN2O4S/c1-7-6-21-13(20)16(7)5-11(17)15-8-2-3-9(12(18)19)10(14)4-8/h2-4,6H,5H2,1H3,(H,15,17)(H,18,19). The van der Waals surface area contributed by atoms with Gasteiger partial charge in [0.2, 0.25) is 5.91 Å². The third-order valence-electron chi connectivity index (χ3n) is 2.76. The molecular weight excluding hydrogens is 299 g/mol. The van der Waals surface area contributed by atoms with E-state index in [0.717, 1.165) is 23.5 Å². The first-order valence-electron chi connectivity index (χ1n) is 5.86. The van der Waals surface area contributed by atoms with Crippen molar-refractivity contribution in [2.45, 2.75) is 13.5 Å². The van der Waals surface area contributed by atoms with E-state index in [9.17, 15) is 18.8 Å². The van der Waals surface area contributed by atoms with Gasteiger partial charge in [0.05, 0.1) is 5.56 Å². The largest absolute Gasteiger partial charge is 0.478 e. The summed E-state index contributed by atoms with van der Waals surface area (Å²) in [6.07, 6.45) is 0. The fraction of sp³-hybridized carbons (Fsp3) is 0.154. The van der Waals surface area contributed by atoms with Gasteiger partial charge in [-0.15, -0.1) is 0 Å². The molecule has 0 fully saturated rings. The van der Waals surface area contributed by atoms with Crippen LogP contribution in [0.2, 0.25) is 0 Å². The van der Waals surface area contributed by atoms with E-state index in [1.807, 2.05) is 0 Å². The van der Waals surface area contributed by atoms with Gasteiger partial charge < -0.3 is 10.4 Å². The number of benzene rings is 1. The molecule has 1 amide bonds. The Morgan fingerprint density at radius 2 is 2.14 bits per heavy atom. The minimum Gasteiger partial charge on any atom is -0.478 e. The van der Waals surface area contributed by atoms with Gasteiger partial charge in [-0.25, -0.2) is 9.18 Å². The first-order chi connectivity index (χ1) is 9.88. The molecule has 0 bridgehead atoms. The van der Waals surface area contributed by atoms with Crippen molar-refractivity contribution in [2.24, 2.45) is 0 Å². The van der Waals surface area contributed by atoms with Gasteiger partial charge in [0.15, 0.2) is 0 Å². The molecule has 0 spiro atoms. The average Bonchev–Trinajstić information content (AvgIpc) is 2.70. The SMILES string of the molecule is Cc1csc(=O)n1CC(=O)Nc1ccc(C(=O)O)c(F)c1. The number of aromatic nitrogens is 1. The predicted octanol–water partition coefficient (Wildman–Crippen LogP) is 1.69. The fourth-order valence-electron chi connectivity index (χ4n) is 1.71. The maximum absolute atomic E-state index is 13.5. The average molecular weight is 310 g/mol. The number of nitrogens with one attached hydrogen (secondary N) is 1. The number of hydrogen-bond donors (Lipinski definition) is 2. The molecule has 1 aromatic heterocycles. The van der Waals surface area contributed by atoms with Crippen molar-refractivity contribution < 1.29 is 19.1 Å². The number of halogens is 1. The monoisotopic (exact) mass is 310 g/mol. The number of carbonyl (C=O) groups excluding carboxylic acids is 1. The van der Waals surface area contributed by atoms with Gasteiger partial charge in [0.1, 0.15) is 12.4 Å². The summed E-state index contributed by atoms with van der Waals surface area (Å²) in [4.78, 5) is 33.7. The number of rotatable bonds is 4. The van der Waals surface area contributed by atoms with Crippen molar-refractivity contribution in [3.63, 3.8) is 0 Å². The van der Waals surface area contributed by atoms with Crippen LogP contribution in [0.25, 0.3) is 0 Å². The summed E-state index contributed by atoms with van der Waals surface area (Å²) >= 11 is 0.989. The lowest BCUT2D eigenvalue weighted by Gasteiger charge is -2.07. The summed E-state index contributed by atoms with van der Waals surface area (Å²) in [6.45, 7) is 1.52. The lowest BCUT2D eigenvalue weighted by atomic mass is 10.2. The minimum atomic E-state index is -1.38. The lowest BCUT2D eigenvalue weighted by Crippen LogP contribution is -2.25. The summed E-state index contributed by atoms with van der Waals surface area (Å²) in [5, 5.41) is 12.8. The summed E-state index contributed by atoms with van der Waals surface area (Å²) in [6, 6.07) is 3.27. The van der Waals surface area contributed by atoms with E-state index in [1.165, 1.54) is 10.6 Å². The summed E-state index contributed by atoms with van der Waals surface area (Å²) < 4.78 is 14.8. The topological polar surface area (TPSA) is 88.4 Å². The van der Waals surface area contributed by atoms with E-state index in [0.29, 0.717) is 5.69 Å². The highest BCUT2D eigenvalue weighted by Crippen LogP contribution is 2.14. The quantitative estimate of drug-likeness (QED) is 0.899. The Morgan fingerprint density at radius 1 is 1.43 bits per heavy atom. The van der Waals surface area contributed by atoms with Crippen LogP contribution in [-0.4, -0.2) is 21.6 Å². The van der Waals surface area contributed by atoms with Crippen molar-refractivity contribution in [3.8, 4) is 0 Å². The molecule has 0 atom stereocenters. The van der Waals surface area contributed by atoms with Gasteiger partial charge in [-0.3, -0.25) is 14.2 Å². The van der Waals surface area contributed by atoms with Crippen LogP contribution < -0.4 is 10.2 Å². The second kappa shape index (κ2) is 5.88. The Balaban J connectivity index is 2.12. The number of anilines is 1. The molecular formula is C13H11FN2O4S. The van der Waals surface area contributed by atoms with Gasteiger partial charge in [-0.2, -0.15) is 0 Å². The van der Waals surface area contributed by atoms with Crippen LogP contribution in [0.15, 0.2) is 28.4 Å². The number of amides is 1. The Morgan fingerprint density at radius 3 is 2.67 bits per heavy atom. The maximum atomic E-state index is 13.5. The van der Waals surface area contributed by atoms with Gasteiger partial charge in [0, 0.05) is 16.8 Å². The smallest absolute Gasteiger partial charge is 0.338 e. The number of carboxylic acid groups (broad SMARTS) is 1. The van der Waals surface area contributed by atoms with Crippen LogP contribution in [0.4, 0.5) is 10.1 Å². The molecule has 110 valence electrons. The van der Waals surface area contributed by atoms with E-state index in [2.05, 4.69) is 5.32 Å². The number of carbonyl (C=O) groups is 2. The minimum absolute atomic E-state index is 0.128. The Bertz CT molecular complexity index is 766. The third kappa shape index (κ3) is 3.34. The van der Waals surface area contributed by atoms with Crippen LogP contribution in [0.3, 0.4) is 0 Å². The van der Waals surface area contributed by atoms with Crippen molar-refractivity contribution >= 4 is 28.9 Å². The van der Waals surface area contributed by atoms with Crippen LogP contribution in [0.1, 0.15) is 16.1 Å². The molecule has 0 saturated heterocycles. The van der Waals surface area contributed by atoms with Crippen LogP contribution in [-0.2, 0) is 11.3 Å². The Labute approximate surface area is 122 Å². The first-order valence-corrected chi connectivity index (χ1v) is 6.74. The van der Waals surface area contributed by atoms with Gasteiger partial charge in [0.25, 0.3) is 0 Å². The third-order valence-corrected chi connectivity index (χ3v) is 3.64. The molecule has 0 radical (unpaired) electrons. The summed E-state index contributed by atoms with van der Waals surface area (Å²) in [7, 11) is 0. The van der Waals surface area contributed by atoms with Crippen molar-refractivity contribution in [1.82, 2.24) is 4.57 Å². The Hall–Kier alpha value is -2.48. The van der Waals surface area contributed by atoms with Crippen LogP contribution in [0, 0.1) is 12.7 Å². The van der Waals surface area contributed by atoms with Crippen molar-refractivity contribution in [2.75, 3.05) is 5.32 Å². The molecule has 1 heterocycles. The van der Waals surface area contributed by atoms with Gasteiger partial charge in [-0.1, -0.05) is 11.3 Å². The molecule has 0 aliphatic carbocycles. The highest BCUT2D eigenvalue weighted by molar-refractivity contribution is 7.07. The van der Waals surface area contributed by atoms with E-state index in [4.69, 9.17) is 5.11 Å². The highest BCUT2D eigenvalue weighted by Gasteiger charge is 2.13. The highest BCUT2D eigenvalue weighted by atomic mass is 32.1. The lowest BCUT2D eigenvalue weighted by molar-refractivity contribution is -0.116. The molecule has 2 N–H and O–H groups in total. The molecule has 21 heavy (non-hydrogen) atoms. The van der Waals surface area contributed by atoms with Crippen LogP contribution in [0.5, 0.6) is 0 Å². The zero-order valence-corrected chi connectivity index (χ0v) is 11.7. The summed E-state index contributed by atoms with van der Waals surface area (Å²) in [5.74, 6) is -2.82. The Kier molecular flexibility index (Phi) is 4.18. The molecule has 0 aliphatic rings. The van der Waals surface area contributed by atoms with Gasteiger partial charge >= 0.3 is 10.8 Å². The van der Waals surface area contributed by atoms with E-state index < -0.39 is 23.3 Å². The second-order valence-corrected chi connectivity index (χ2v) is 5.10. The molecule has 2 aromatic rings. The van der Waals surface area contributed by atoms with Crippen LogP contribution >= 0.6 is 11.3 Å². The van der Waals surface area contributed by atoms with E-state index in [-0.39, 0.29) is 17.1 Å². The number of aromatic carboxylic acids is 1. The van der Waals surface area contributed by atoms with Crippen molar-refractivity contribution in [3.05, 3.63) is 50.3 Å². The molecule has 0 unspecified atom stereocenters. The fourth-order valence-corrected chi connectivity index (χ4v) is 2.44. The van der Waals surface area contributed by atoms with E-state index in [1.54, 1.807) is 12.3 Å². The normalized spacial score (nSPS) is 10.4. The summed E-state index contributed by atoms with van der Waals surface area (Å²) in [5.41, 5.74) is 0.314. The molecule has 8 heteroatoms. The zero-order chi connectivity index (χ0) is 15.6. The van der Waals surface area contributed by atoms with E-state index >= 15 is 0 Å². The zero-order valence-electron chi connectivity index (χ0n) is 10.9. The number of carboxylic acids is 1. The molecule has 1 aromatic carbocycles.